The van der Waals surface area contributed by atoms with Crippen LogP contribution in [-0.2, 0) is 27.4 Å². The number of rotatable bonds is 14. The number of fused-ring (bicyclic) bond motifs is 1. The first kappa shape index (κ1) is 29.4. The van der Waals surface area contributed by atoms with E-state index in [2.05, 4.69) is 10.6 Å². The van der Waals surface area contributed by atoms with Gasteiger partial charge >= 0.3 is 12.0 Å². The van der Waals surface area contributed by atoms with Gasteiger partial charge in [0.1, 0.15) is 6.04 Å². The molecule has 3 amide bonds. The average Bonchev–Trinajstić information content (AvgIpc) is 3.73. The molecule has 0 unspecified atom stereocenters. The van der Waals surface area contributed by atoms with Gasteiger partial charge in [-0.15, -0.1) is 22.7 Å². The first-order valence-corrected chi connectivity index (χ1v) is 15.2. The molecular formula is C29H35N3O6S2. The molecule has 1 aliphatic rings. The fraction of sp³-hybridized carbons (Fsp3) is 0.414. The predicted molar refractivity (Wildman–Crippen MR) is 154 cm³/mol. The quantitative estimate of drug-likeness (QED) is 0.238. The van der Waals surface area contributed by atoms with Crippen LogP contribution in [0.3, 0.4) is 0 Å². The average molecular weight is 586 g/mol. The standard InChI is InChI=1S/C29H35N3O6S2/c1-3-5-10-23(28(34)32(17-21-8-6-13-39-21)18-22-9-7-14-40-22)30-29(35)31-24(16-27(33)36-4-2)20-11-12-25-26(15-20)38-19-37-25/h6-9,11-15,23-24H,3-5,10,16-19H2,1-2H3,(H2,30,31,35)/t23-,24-/m1/s1. The Labute approximate surface area is 242 Å². The molecule has 0 saturated carbocycles. The summed E-state index contributed by atoms with van der Waals surface area (Å²) in [6.45, 7) is 5.05. The summed E-state index contributed by atoms with van der Waals surface area (Å²) in [6, 6.07) is 11.3. The molecule has 2 atom stereocenters. The van der Waals surface area contributed by atoms with Gasteiger partial charge < -0.3 is 29.7 Å². The van der Waals surface area contributed by atoms with Gasteiger partial charge in [-0.2, -0.15) is 0 Å². The van der Waals surface area contributed by atoms with Gasteiger partial charge in [-0.3, -0.25) is 9.59 Å². The van der Waals surface area contributed by atoms with E-state index in [1.807, 2.05) is 41.9 Å². The van der Waals surface area contributed by atoms with E-state index in [4.69, 9.17) is 14.2 Å². The van der Waals surface area contributed by atoms with E-state index in [1.165, 1.54) is 0 Å². The van der Waals surface area contributed by atoms with Crippen LogP contribution in [0.4, 0.5) is 4.79 Å². The molecule has 40 heavy (non-hydrogen) atoms. The molecule has 3 aromatic rings. The number of hydrogen-bond acceptors (Lipinski definition) is 8. The maximum Gasteiger partial charge on any atom is 0.315 e. The highest BCUT2D eigenvalue weighted by atomic mass is 32.1. The lowest BCUT2D eigenvalue weighted by Crippen LogP contribution is -2.51. The molecule has 1 aliphatic heterocycles. The highest BCUT2D eigenvalue weighted by Crippen LogP contribution is 2.35. The maximum atomic E-state index is 13.9. The van der Waals surface area contributed by atoms with Crippen LogP contribution in [-0.4, -0.2) is 42.2 Å². The number of amides is 3. The van der Waals surface area contributed by atoms with Crippen molar-refractivity contribution in [3.05, 3.63) is 68.5 Å². The fourth-order valence-corrected chi connectivity index (χ4v) is 5.84. The molecule has 1 aromatic carbocycles. The molecule has 2 aromatic heterocycles. The third-order valence-electron chi connectivity index (χ3n) is 6.40. The lowest BCUT2D eigenvalue weighted by Gasteiger charge is -2.28. The van der Waals surface area contributed by atoms with Crippen molar-refractivity contribution in [1.29, 1.82) is 0 Å². The van der Waals surface area contributed by atoms with Crippen molar-refractivity contribution in [2.45, 2.75) is 64.7 Å². The number of unbranched alkanes of at least 4 members (excludes halogenated alkanes) is 1. The molecule has 0 saturated heterocycles. The van der Waals surface area contributed by atoms with E-state index in [1.54, 1.807) is 52.7 Å². The Morgan fingerprint density at radius 2 is 1.68 bits per heavy atom. The van der Waals surface area contributed by atoms with E-state index < -0.39 is 24.1 Å². The predicted octanol–water partition coefficient (Wildman–Crippen LogP) is 5.62. The van der Waals surface area contributed by atoms with Crippen LogP contribution in [0.25, 0.3) is 0 Å². The summed E-state index contributed by atoms with van der Waals surface area (Å²) in [5, 5.41) is 9.78. The van der Waals surface area contributed by atoms with Crippen LogP contribution in [0, 0.1) is 0 Å². The molecular weight excluding hydrogens is 550 g/mol. The van der Waals surface area contributed by atoms with Crippen LogP contribution in [0.5, 0.6) is 11.5 Å². The van der Waals surface area contributed by atoms with Crippen molar-refractivity contribution in [2.75, 3.05) is 13.4 Å². The van der Waals surface area contributed by atoms with Crippen molar-refractivity contribution < 1.29 is 28.6 Å². The summed E-state index contributed by atoms with van der Waals surface area (Å²) in [7, 11) is 0. The lowest BCUT2D eigenvalue weighted by molar-refractivity contribution is -0.143. The van der Waals surface area contributed by atoms with Gasteiger partial charge in [0.05, 0.1) is 32.2 Å². The largest absolute Gasteiger partial charge is 0.466 e. The second kappa shape index (κ2) is 14.7. The van der Waals surface area contributed by atoms with E-state index in [0.29, 0.717) is 36.6 Å². The van der Waals surface area contributed by atoms with Gasteiger partial charge in [0.15, 0.2) is 11.5 Å². The number of benzene rings is 1. The molecule has 4 rings (SSSR count). The molecule has 0 fully saturated rings. The summed E-state index contributed by atoms with van der Waals surface area (Å²) in [4.78, 5) is 43.5. The Balaban J connectivity index is 1.50. The normalized spacial score (nSPS) is 13.3. The number of nitrogens with one attached hydrogen (secondary N) is 2. The Kier molecular flexibility index (Phi) is 10.8. The maximum absolute atomic E-state index is 13.9. The number of nitrogens with zero attached hydrogens (tertiary/aromatic N) is 1. The number of esters is 1. The zero-order valence-corrected chi connectivity index (χ0v) is 24.4. The summed E-state index contributed by atoms with van der Waals surface area (Å²) in [5.41, 5.74) is 0.668. The summed E-state index contributed by atoms with van der Waals surface area (Å²) in [6.07, 6.45) is 2.08. The molecule has 9 nitrogen and oxygen atoms in total. The minimum atomic E-state index is -0.722. The van der Waals surface area contributed by atoms with Crippen molar-refractivity contribution >= 4 is 40.6 Å². The van der Waals surface area contributed by atoms with Gasteiger partial charge in [-0.05, 0) is 53.9 Å². The topological polar surface area (TPSA) is 106 Å². The van der Waals surface area contributed by atoms with E-state index in [9.17, 15) is 14.4 Å². The molecule has 11 heteroatoms. The molecule has 0 aliphatic carbocycles. The minimum Gasteiger partial charge on any atom is -0.466 e. The van der Waals surface area contributed by atoms with Crippen LogP contribution in [0.15, 0.2) is 53.2 Å². The Morgan fingerprint density at radius 1 is 0.975 bits per heavy atom. The monoisotopic (exact) mass is 585 g/mol. The lowest BCUT2D eigenvalue weighted by atomic mass is 10.0. The summed E-state index contributed by atoms with van der Waals surface area (Å²) in [5.74, 6) is 0.560. The van der Waals surface area contributed by atoms with Crippen LogP contribution in [0.1, 0.15) is 60.9 Å². The van der Waals surface area contributed by atoms with Gasteiger partial charge in [0.25, 0.3) is 0 Å². The molecule has 0 radical (unpaired) electrons. The number of carbonyl (C=O) groups excluding carboxylic acids is 3. The number of hydrogen-bond donors (Lipinski definition) is 2. The van der Waals surface area contributed by atoms with Gasteiger partial charge in [-0.1, -0.05) is 38.0 Å². The zero-order chi connectivity index (χ0) is 28.3. The Morgan fingerprint density at radius 3 is 2.30 bits per heavy atom. The number of ether oxygens (including phenoxy) is 3. The fourth-order valence-electron chi connectivity index (χ4n) is 4.41. The van der Waals surface area contributed by atoms with E-state index >= 15 is 0 Å². The van der Waals surface area contributed by atoms with Crippen molar-refractivity contribution in [3.8, 4) is 11.5 Å². The minimum absolute atomic E-state index is 0.0721. The third kappa shape index (κ3) is 8.22. The van der Waals surface area contributed by atoms with Gasteiger partial charge in [0.2, 0.25) is 12.7 Å². The Hall–Kier alpha value is -3.57. The highest BCUT2D eigenvalue weighted by molar-refractivity contribution is 7.10. The molecule has 0 spiro atoms. The molecule has 2 N–H and O–H groups in total. The third-order valence-corrected chi connectivity index (χ3v) is 8.12. The summed E-state index contributed by atoms with van der Waals surface area (Å²) >= 11 is 3.19. The Bertz CT molecular complexity index is 1210. The van der Waals surface area contributed by atoms with Crippen LogP contribution < -0.4 is 20.1 Å². The molecule has 0 bridgehead atoms. The SMILES string of the molecule is CCCC[C@@H](NC(=O)N[C@H](CC(=O)OCC)c1ccc2c(c1)OCO2)C(=O)N(Cc1cccs1)Cc1cccs1. The van der Waals surface area contributed by atoms with Gasteiger partial charge in [-0.25, -0.2) is 4.79 Å². The number of urea groups is 1. The smallest absolute Gasteiger partial charge is 0.315 e. The number of carbonyl (C=O) groups is 3. The molecule has 3 heterocycles. The van der Waals surface area contributed by atoms with Gasteiger partial charge in [0, 0.05) is 9.75 Å². The highest BCUT2D eigenvalue weighted by Gasteiger charge is 2.28. The number of thiophene rings is 2. The first-order valence-electron chi connectivity index (χ1n) is 13.4. The van der Waals surface area contributed by atoms with E-state index in [-0.39, 0.29) is 25.7 Å². The van der Waals surface area contributed by atoms with Crippen LogP contribution >= 0.6 is 22.7 Å². The van der Waals surface area contributed by atoms with Crippen molar-refractivity contribution in [3.63, 3.8) is 0 Å². The summed E-state index contributed by atoms with van der Waals surface area (Å²) < 4.78 is 16.0. The van der Waals surface area contributed by atoms with E-state index in [0.717, 1.165) is 22.6 Å². The zero-order valence-electron chi connectivity index (χ0n) is 22.7. The van der Waals surface area contributed by atoms with Crippen LogP contribution in [0.2, 0.25) is 0 Å². The van der Waals surface area contributed by atoms with Crippen molar-refractivity contribution in [1.82, 2.24) is 15.5 Å². The second-order valence-electron chi connectivity index (χ2n) is 9.34. The first-order chi connectivity index (χ1) is 19.5. The van der Waals surface area contributed by atoms with Crippen molar-refractivity contribution in [2.24, 2.45) is 0 Å². The second-order valence-corrected chi connectivity index (χ2v) is 11.4. The molecule has 214 valence electrons.